The Hall–Kier alpha value is -2.35. The van der Waals surface area contributed by atoms with Crippen LogP contribution in [-0.2, 0) is 17.9 Å². The number of carbonyl (C=O) groups is 1. The largest absolute Gasteiger partial charge is 0.339 e. The van der Waals surface area contributed by atoms with E-state index in [1.165, 1.54) is 10.7 Å². The van der Waals surface area contributed by atoms with Crippen molar-refractivity contribution in [3.8, 4) is 0 Å². The molecule has 0 spiro atoms. The highest BCUT2D eigenvalue weighted by molar-refractivity contribution is 5.76. The van der Waals surface area contributed by atoms with Gasteiger partial charge in [0, 0.05) is 56.7 Å². The van der Waals surface area contributed by atoms with Crippen LogP contribution in [0.5, 0.6) is 0 Å². The summed E-state index contributed by atoms with van der Waals surface area (Å²) in [5.74, 6) is 0.218. The van der Waals surface area contributed by atoms with E-state index in [-0.39, 0.29) is 24.1 Å². The number of carbonyl (C=O) groups excluding carboxylic acids is 1. The van der Waals surface area contributed by atoms with E-state index in [0.29, 0.717) is 13.1 Å². The molecule has 0 radical (unpaired) electrons. The maximum atomic E-state index is 13.0. The van der Waals surface area contributed by atoms with E-state index in [1.807, 2.05) is 18.3 Å². The zero-order chi connectivity index (χ0) is 18.8. The van der Waals surface area contributed by atoms with Gasteiger partial charge in [-0.2, -0.15) is 5.10 Å². The summed E-state index contributed by atoms with van der Waals surface area (Å²) in [6.45, 7) is 3.72. The van der Waals surface area contributed by atoms with Gasteiger partial charge in [-0.3, -0.25) is 19.4 Å². The number of alkyl halides is 2. The Morgan fingerprint density at radius 2 is 2.00 bits per heavy atom. The lowest BCUT2D eigenvalue weighted by molar-refractivity contribution is -0.133. The zero-order valence-corrected chi connectivity index (χ0v) is 15.1. The van der Waals surface area contributed by atoms with Gasteiger partial charge in [0.25, 0.3) is 6.43 Å². The van der Waals surface area contributed by atoms with Crippen molar-refractivity contribution in [2.75, 3.05) is 26.2 Å². The molecule has 1 aliphatic carbocycles. The van der Waals surface area contributed by atoms with Gasteiger partial charge >= 0.3 is 0 Å². The third-order valence-electron chi connectivity index (χ3n) is 5.19. The van der Waals surface area contributed by atoms with E-state index in [9.17, 15) is 13.6 Å². The molecule has 1 amide bonds. The molecule has 3 heterocycles. The minimum atomic E-state index is -2.60. The van der Waals surface area contributed by atoms with Crippen LogP contribution in [0.3, 0.4) is 0 Å². The molecule has 0 aromatic carbocycles. The molecule has 2 fully saturated rings. The van der Waals surface area contributed by atoms with Crippen LogP contribution in [0.15, 0.2) is 30.6 Å². The SMILES string of the molecule is O=C(Cn1nc(C(F)F)cc1C1CC1)N1CCN(Cc2cccnc2)CC1. The number of piperazine rings is 1. The molecule has 2 aliphatic rings. The predicted octanol–water partition coefficient (Wildman–Crippen LogP) is 2.44. The number of amides is 1. The van der Waals surface area contributed by atoms with Gasteiger partial charge in [-0.25, -0.2) is 8.78 Å². The Morgan fingerprint density at radius 1 is 1.22 bits per heavy atom. The number of aromatic nitrogens is 3. The van der Waals surface area contributed by atoms with E-state index in [4.69, 9.17) is 0 Å². The van der Waals surface area contributed by atoms with Gasteiger partial charge in [-0.1, -0.05) is 6.07 Å². The van der Waals surface area contributed by atoms with Gasteiger partial charge in [0.15, 0.2) is 0 Å². The Bertz CT molecular complexity index is 783. The van der Waals surface area contributed by atoms with Crippen molar-refractivity contribution in [3.63, 3.8) is 0 Å². The molecule has 27 heavy (non-hydrogen) atoms. The summed E-state index contributed by atoms with van der Waals surface area (Å²) in [7, 11) is 0. The van der Waals surface area contributed by atoms with Crippen LogP contribution >= 0.6 is 0 Å². The molecule has 6 nitrogen and oxygen atoms in total. The lowest BCUT2D eigenvalue weighted by Crippen LogP contribution is -2.49. The van der Waals surface area contributed by atoms with E-state index in [2.05, 4.69) is 15.0 Å². The Kier molecular flexibility index (Phi) is 5.15. The third kappa shape index (κ3) is 4.32. The van der Waals surface area contributed by atoms with E-state index in [1.54, 1.807) is 11.1 Å². The molecule has 0 unspecified atom stereocenters. The molecule has 144 valence electrons. The first-order valence-electron chi connectivity index (χ1n) is 9.35. The average Bonchev–Trinajstić information content (AvgIpc) is 3.43. The smallest absolute Gasteiger partial charge is 0.282 e. The summed E-state index contributed by atoms with van der Waals surface area (Å²) in [5, 5.41) is 3.98. The van der Waals surface area contributed by atoms with Crippen LogP contribution in [0.25, 0.3) is 0 Å². The van der Waals surface area contributed by atoms with Gasteiger partial charge in [0.05, 0.1) is 0 Å². The Balaban J connectivity index is 1.33. The van der Waals surface area contributed by atoms with Crippen molar-refractivity contribution in [1.82, 2.24) is 24.6 Å². The van der Waals surface area contributed by atoms with Gasteiger partial charge in [-0.05, 0) is 30.5 Å². The van der Waals surface area contributed by atoms with Crippen LogP contribution in [-0.4, -0.2) is 56.7 Å². The number of nitrogens with zero attached hydrogens (tertiary/aromatic N) is 5. The summed E-state index contributed by atoms with van der Waals surface area (Å²) >= 11 is 0. The number of rotatable bonds is 6. The number of pyridine rings is 1. The quantitative estimate of drug-likeness (QED) is 0.778. The minimum Gasteiger partial charge on any atom is -0.339 e. The maximum absolute atomic E-state index is 13.0. The first kappa shape index (κ1) is 18.0. The van der Waals surface area contributed by atoms with Crippen molar-refractivity contribution < 1.29 is 13.6 Å². The highest BCUT2D eigenvalue weighted by Crippen LogP contribution is 2.41. The minimum absolute atomic E-state index is 0.0428. The normalized spacial score (nSPS) is 18.3. The molecular formula is C19H23F2N5O. The second-order valence-corrected chi connectivity index (χ2v) is 7.24. The molecule has 1 saturated heterocycles. The van der Waals surface area contributed by atoms with Gasteiger partial charge < -0.3 is 4.90 Å². The zero-order valence-electron chi connectivity index (χ0n) is 15.1. The van der Waals surface area contributed by atoms with Crippen molar-refractivity contribution in [2.24, 2.45) is 0 Å². The van der Waals surface area contributed by atoms with E-state index >= 15 is 0 Å². The molecule has 2 aromatic rings. The maximum Gasteiger partial charge on any atom is 0.282 e. The molecule has 8 heteroatoms. The van der Waals surface area contributed by atoms with Crippen LogP contribution in [0.1, 0.15) is 42.1 Å². The van der Waals surface area contributed by atoms with Crippen molar-refractivity contribution in [1.29, 1.82) is 0 Å². The lowest BCUT2D eigenvalue weighted by atomic mass is 10.2. The molecule has 0 atom stereocenters. The standard InChI is InChI=1S/C19H23F2N5O/c20-19(21)16-10-17(15-3-4-15)26(23-16)13-18(27)25-8-6-24(7-9-25)12-14-2-1-5-22-11-14/h1-2,5,10-11,15,19H,3-4,6-9,12-13H2. The first-order valence-corrected chi connectivity index (χ1v) is 9.35. The predicted molar refractivity (Wildman–Crippen MR) is 95.3 cm³/mol. The number of hydrogen-bond acceptors (Lipinski definition) is 4. The summed E-state index contributed by atoms with van der Waals surface area (Å²) in [5.41, 5.74) is 1.70. The summed E-state index contributed by atoms with van der Waals surface area (Å²) in [4.78, 5) is 20.9. The van der Waals surface area contributed by atoms with Gasteiger partial charge in [0.2, 0.25) is 5.91 Å². The van der Waals surface area contributed by atoms with Crippen LogP contribution in [0.4, 0.5) is 8.78 Å². The fourth-order valence-electron chi connectivity index (χ4n) is 3.53. The van der Waals surface area contributed by atoms with E-state index in [0.717, 1.165) is 43.7 Å². The highest BCUT2D eigenvalue weighted by Gasteiger charge is 2.31. The molecule has 4 rings (SSSR count). The fraction of sp³-hybridized carbons (Fsp3) is 0.526. The topological polar surface area (TPSA) is 54.3 Å². The lowest BCUT2D eigenvalue weighted by Gasteiger charge is -2.34. The van der Waals surface area contributed by atoms with Gasteiger partial charge in [0.1, 0.15) is 12.2 Å². The van der Waals surface area contributed by atoms with Crippen molar-refractivity contribution in [3.05, 3.63) is 47.5 Å². The van der Waals surface area contributed by atoms with Crippen LogP contribution in [0.2, 0.25) is 0 Å². The molecule has 1 saturated carbocycles. The number of halogens is 2. The van der Waals surface area contributed by atoms with Crippen LogP contribution in [0, 0.1) is 0 Å². The molecule has 2 aromatic heterocycles. The van der Waals surface area contributed by atoms with E-state index < -0.39 is 6.43 Å². The monoisotopic (exact) mass is 375 g/mol. The Morgan fingerprint density at radius 3 is 2.63 bits per heavy atom. The molecular weight excluding hydrogens is 352 g/mol. The second kappa shape index (κ2) is 7.72. The second-order valence-electron chi connectivity index (χ2n) is 7.24. The third-order valence-corrected chi connectivity index (χ3v) is 5.19. The number of hydrogen-bond donors (Lipinski definition) is 0. The summed E-state index contributed by atoms with van der Waals surface area (Å²) in [6.07, 6.45) is 2.97. The van der Waals surface area contributed by atoms with Crippen molar-refractivity contribution >= 4 is 5.91 Å². The van der Waals surface area contributed by atoms with Crippen LogP contribution < -0.4 is 0 Å². The van der Waals surface area contributed by atoms with Crippen molar-refractivity contribution in [2.45, 2.75) is 38.3 Å². The summed E-state index contributed by atoms with van der Waals surface area (Å²) < 4.78 is 27.4. The fourth-order valence-corrected chi connectivity index (χ4v) is 3.53. The Labute approximate surface area is 156 Å². The molecule has 0 N–H and O–H groups in total. The summed E-state index contributed by atoms with van der Waals surface area (Å²) in [6, 6.07) is 5.42. The van der Waals surface area contributed by atoms with Gasteiger partial charge in [-0.15, -0.1) is 0 Å². The highest BCUT2D eigenvalue weighted by atomic mass is 19.3. The molecule has 1 aliphatic heterocycles. The first-order chi connectivity index (χ1) is 13.1. The molecule has 0 bridgehead atoms. The average molecular weight is 375 g/mol.